The molecular formula is C21H25FN6O3S. The van der Waals surface area contributed by atoms with E-state index in [2.05, 4.69) is 15.0 Å². The van der Waals surface area contributed by atoms with Gasteiger partial charge in [0.2, 0.25) is 5.88 Å². The molecule has 0 bridgehead atoms. The molecule has 1 aliphatic rings. The minimum Gasteiger partial charge on any atom is -0.473 e. The van der Waals surface area contributed by atoms with Gasteiger partial charge in [-0.3, -0.25) is 4.98 Å². The Bertz CT molecular complexity index is 1120. The minimum absolute atomic E-state index is 0. The number of urea groups is 1. The second-order valence-electron chi connectivity index (χ2n) is 7.39. The second-order valence-corrected chi connectivity index (χ2v) is 7.39. The predicted molar refractivity (Wildman–Crippen MR) is 124 cm³/mol. The Morgan fingerprint density at radius 3 is 2.81 bits per heavy atom. The Morgan fingerprint density at radius 1 is 1.31 bits per heavy atom. The van der Waals surface area contributed by atoms with E-state index in [9.17, 15) is 9.18 Å². The molecule has 0 radical (unpaired) electrons. The van der Waals surface area contributed by atoms with Crippen LogP contribution in [-0.4, -0.2) is 72.4 Å². The Morgan fingerprint density at radius 2 is 2.09 bits per heavy atom. The largest absolute Gasteiger partial charge is 0.473 e. The van der Waals surface area contributed by atoms with Gasteiger partial charge < -0.3 is 25.0 Å². The van der Waals surface area contributed by atoms with Crippen LogP contribution in [0.5, 0.6) is 5.88 Å². The van der Waals surface area contributed by atoms with E-state index in [1.807, 2.05) is 0 Å². The van der Waals surface area contributed by atoms with Crippen LogP contribution < -0.4 is 15.4 Å². The third-order valence-electron chi connectivity index (χ3n) is 5.01. The Balaban J connectivity index is 0.00000289. The number of aromatic nitrogens is 3. The van der Waals surface area contributed by atoms with Crippen molar-refractivity contribution in [2.45, 2.75) is 6.10 Å². The number of fused-ring (bicyclic) bond motifs is 1. The summed E-state index contributed by atoms with van der Waals surface area (Å²) >= 11 is 0. The quantitative estimate of drug-likeness (QED) is 0.622. The number of hydrogen-bond donors (Lipinski definition) is 1. The van der Waals surface area contributed by atoms with Crippen LogP contribution in [0.1, 0.15) is 0 Å². The highest BCUT2D eigenvalue weighted by molar-refractivity contribution is 7.59. The molecule has 2 amide bonds. The molecule has 1 fully saturated rings. The molecule has 9 nitrogen and oxygen atoms in total. The van der Waals surface area contributed by atoms with Gasteiger partial charge in [-0.2, -0.15) is 13.5 Å². The third kappa shape index (κ3) is 5.00. The van der Waals surface area contributed by atoms with Crippen LogP contribution in [-0.2, 0) is 4.74 Å². The second kappa shape index (κ2) is 9.96. The zero-order valence-corrected chi connectivity index (χ0v) is 18.8. The van der Waals surface area contributed by atoms with Gasteiger partial charge in [0.1, 0.15) is 18.5 Å². The molecule has 3 heterocycles. The van der Waals surface area contributed by atoms with Crippen LogP contribution in [0.4, 0.5) is 14.9 Å². The number of primary amides is 1. The van der Waals surface area contributed by atoms with Crippen LogP contribution in [0, 0.1) is 5.82 Å². The summed E-state index contributed by atoms with van der Waals surface area (Å²) in [6.45, 7) is 1.31. The fourth-order valence-corrected chi connectivity index (χ4v) is 3.41. The summed E-state index contributed by atoms with van der Waals surface area (Å²) < 4.78 is 26.1. The number of hydrogen-bond acceptors (Lipinski definition) is 7. The summed E-state index contributed by atoms with van der Waals surface area (Å²) in [6, 6.07) is 6.17. The molecule has 2 N–H and O–H groups in total. The van der Waals surface area contributed by atoms with Crippen molar-refractivity contribution in [2.75, 3.05) is 45.3 Å². The summed E-state index contributed by atoms with van der Waals surface area (Å²) in [5.74, 6) is -0.0920. The van der Waals surface area contributed by atoms with Gasteiger partial charge in [-0.05, 0) is 18.2 Å². The van der Waals surface area contributed by atoms with E-state index < -0.39 is 6.03 Å². The van der Waals surface area contributed by atoms with Crippen molar-refractivity contribution < 1.29 is 18.7 Å². The van der Waals surface area contributed by atoms with E-state index in [0.29, 0.717) is 47.7 Å². The normalized spacial score (nSPS) is 15.8. The summed E-state index contributed by atoms with van der Waals surface area (Å²) in [7, 11) is 3.56. The summed E-state index contributed by atoms with van der Waals surface area (Å²) in [6.07, 6.45) is 2.77. The maximum absolute atomic E-state index is 14.5. The van der Waals surface area contributed by atoms with Gasteiger partial charge in [0, 0.05) is 38.6 Å². The molecule has 1 saturated heterocycles. The first kappa shape index (κ1) is 23.5. The first-order chi connectivity index (χ1) is 14.9. The molecule has 1 atom stereocenters. The lowest BCUT2D eigenvalue weighted by Crippen LogP contribution is -2.49. The SMILES string of the molecule is CN(C)c1ccc(-c2cc3nccnc3c(OC[C@@H]3CN(C(N)=O)CCO3)n2)cc1F.S. The van der Waals surface area contributed by atoms with Crippen LogP contribution in [0.3, 0.4) is 0 Å². The highest BCUT2D eigenvalue weighted by atomic mass is 32.1. The molecule has 3 aromatic rings. The smallest absolute Gasteiger partial charge is 0.314 e. The van der Waals surface area contributed by atoms with Crippen LogP contribution >= 0.6 is 13.5 Å². The van der Waals surface area contributed by atoms with Crippen molar-refractivity contribution in [3.63, 3.8) is 0 Å². The van der Waals surface area contributed by atoms with Crippen molar-refractivity contribution in [3.05, 3.63) is 42.5 Å². The summed E-state index contributed by atoms with van der Waals surface area (Å²) in [4.78, 5) is 27.9. The van der Waals surface area contributed by atoms with Gasteiger partial charge in [0.25, 0.3) is 0 Å². The summed E-state index contributed by atoms with van der Waals surface area (Å²) in [5.41, 5.74) is 8.00. The molecule has 2 aromatic heterocycles. The van der Waals surface area contributed by atoms with E-state index in [1.54, 1.807) is 49.6 Å². The van der Waals surface area contributed by atoms with Gasteiger partial charge in [-0.15, -0.1) is 0 Å². The zero-order valence-electron chi connectivity index (χ0n) is 17.8. The van der Waals surface area contributed by atoms with Crippen molar-refractivity contribution in [1.82, 2.24) is 19.9 Å². The topological polar surface area (TPSA) is 107 Å². The summed E-state index contributed by atoms with van der Waals surface area (Å²) in [5, 5.41) is 0. The number of morpholine rings is 1. The average Bonchev–Trinajstić information content (AvgIpc) is 2.77. The number of benzene rings is 1. The first-order valence-electron chi connectivity index (χ1n) is 9.80. The Hall–Kier alpha value is -3.18. The third-order valence-corrected chi connectivity index (χ3v) is 5.01. The number of amides is 2. The van der Waals surface area contributed by atoms with Crippen molar-refractivity contribution >= 4 is 36.2 Å². The number of nitrogens with two attached hydrogens (primary N) is 1. The number of carbonyl (C=O) groups is 1. The number of nitrogens with zero attached hydrogens (tertiary/aromatic N) is 5. The van der Waals surface area contributed by atoms with Gasteiger partial charge in [0.05, 0.1) is 30.0 Å². The average molecular weight is 461 g/mol. The lowest BCUT2D eigenvalue weighted by atomic mass is 10.1. The number of rotatable bonds is 5. The van der Waals surface area contributed by atoms with Crippen LogP contribution in [0.25, 0.3) is 22.3 Å². The Labute approximate surface area is 191 Å². The fraction of sp³-hybridized carbons (Fsp3) is 0.333. The van der Waals surface area contributed by atoms with Crippen LogP contribution in [0.15, 0.2) is 36.7 Å². The van der Waals surface area contributed by atoms with E-state index in [0.717, 1.165) is 0 Å². The maximum Gasteiger partial charge on any atom is 0.314 e. The van der Waals surface area contributed by atoms with E-state index in [4.69, 9.17) is 15.2 Å². The number of carbonyl (C=O) groups excluding carboxylic acids is 1. The van der Waals surface area contributed by atoms with Gasteiger partial charge >= 0.3 is 6.03 Å². The Kier molecular flexibility index (Phi) is 7.31. The van der Waals surface area contributed by atoms with E-state index >= 15 is 0 Å². The standard InChI is InChI=1S/C21H23FN6O3.H2S/c1-27(2)18-4-3-13(9-15(18)22)16-10-17-19(25-6-5-24-17)20(26-16)31-12-14-11-28(21(23)29)7-8-30-14;/h3-6,9-10,14H,7-8,11-12H2,1-2H3,(H2,23,29);1H2/t14-;/m0./s1. The molecule has 0 spiro atoms. The fourth-order valence-electron chi connectivity index (χ4n) is 3.41. The number of pyridine rings is 1. The molecule has 0 unspecified atom stereocenters. The lowest BCUT2D eigenvalue weighted by Gasteiger charge is -2.31. The van der Waals surface area contributed by atoms with Crippen LogP contribution in [0.2, 0.25) is 0 Å². The molecule has 11 heteroatoms. The highest BCUT2D eigenvalue weighted by Crippen LogP contribution is 2.29. The first-order valence-corrected chi connectivity index (χ1v) is 9.80. The number of anilines is 1. The minimum atomic E-state index is -0.493. The zero-order chi connectivity index (χ0) is 22.0. The molecule has 0 saturated carbocycles. The predicted octanol–water partition coefficient (Wildman–Crippen LogP) is 2.17. The van der Waals surface area contributed by atoms with E-state index in [-0.39, 0.29) is 37.9 Å². The molecule has 4 rings (SSSR count). The number of halogens is 1. The highest BCUT2D eigenvalue weighted by Gasteiger charge is 2.24. The van der Waals surface area contributed by atoms with Gasteiger partial charge in [-0.1, -0.05) is 6.07 Å². The molecule has 170 valence electrons. The molecule has 1 aromatic carbocycles. The monoisotopic (exact) mass is 460 g/mol. The number of ether oxygens (including phenoxy) is 2. The molecular weight excluding hydrogens is 435 g/mol. The van der Waals surface area contributed by atoms with E-state index in [1.165, 1.54) is 11.0 Å². The van der Waals surface area contributed by atoms with Crippen molar-refractivity contribution in [2.24, 2.45) is 5.73 Å². The molecule has 32 heavy (non-hydrogen) atoms. The molecule has 1 aliphatic heterocycles. The molecule has 0 aliphatic carbocycles. The van der Waals surface area contributed by atoms with Gasteiger partial charge in [-0.25, -0.2) is 19.2 Å². The van der Waals surface area contributed by atoms with Gasteiger partial charge in [0.15, 0.2) is 5.52 Å². The van der Waals surface area contributed by atoms with Crippen molar-refractivity contribution in [1.29, 1.82) is 0 Å². The van der Waals surface area contributed by atoms with Crippen molar-refractivity contribution in [3.8, 4) is 17.1 Å². The maximum atomic E-state index is 14.5. The lowest BCUT2D eigenvalue weighted by molar-refractivity contribution is -0.0346.